The number of fused-ring (bicyclic) bond motifs is 1. The molecule has 0 saturated heterocycles. The van der Waals surface area contributed by atoms with E-state index in [2.05, 4.69) is 15.4 Å². The zero-order valence-corrected chi connectivity index (χ0v) is 13.4. The topological polar surface area (TPSA) is 81.8 Å². The molecule has 0 unspecified atom stereocenters. The van der Waals surface area contributed by atoms with Crippen LogP contribution >= 0.6 is 11.6 Å². The first-order chi connectivity index (χ1) is 11.5. The van der Waals surface area contributed by atoms with Gasteiger partial charge in [0.15, 0.2) is 5.65 Å². The second-order valence-corrected chi connectivity index (χ2v) is 5.45. The van der Waals surface area contributed by atoms with Gasteiger partial charge in [0.1, 0.15) is 24.1 Å². The highest BCUT2D eigenvalue weighted by molar-refractivity contribution is 6.33. The maximum atomic E-state index is 13.0. The molecule has 1 N–H and O–H groups in total. The predicted octanol–water partition coefficient (Wildman–Crippen LogP) is 2.04. The molecular weight excluding hydrogens is 337 g/mol. The molecule has 1 aromatic carbocycles. The lowest BCUT2D eigenvalue weighted by Gasteiger charge is -2.09. The van der Waals surface area contributed by atoms with Crippen molar-refractivity contribution in [3.8, 4) is 0 Å². The van der Waals surface area contributed by atoms with Gasteiger partial charge >= 0.3 is 0 Å². The van der Waals surface area contributed by atoms with Crippen LogP contribution in [0.25, 0.3) is 11.0 Å². The number of anilines is 1. The van der Waals surface area contributed by atoms with E-state index in [0.29, 0.717) is 17.6 Å². The van der Waals surface area contributed by atoms with Crippen LogP contribution in [-0.2, 0) is 17.9 Å². The Kier molecular flexibility index (Phi) is 4.30. The smallest absolute Gasteiger partial charge is 0.264 e. The number of aryl methyl sites for hydroxylation is 1. The van der Waals surface area contributed by atoms with Crippen molar-refractivity contribution in [1.82, 2.24) is 19.3 Å². The van der Waals surface area contributed by atoms with E-state index >= 15 is 0 Å². The Morgan fingerprint density at radius 3 is 2.92 bits per heavy atom. The summed E-state index contributed by atoms with van der Waals surface area (Å²) < 4.78 is 15.8. The van der Waals surface area contributed by atoms with E-state index in [9.17, 15) is 14.0 Å². The molecule has 2 aromatic heterocycles. The summed E-state index contributed by atoms with van der Waals surface area (Å²) in [6, 6.07) is 3.63. The van der Waals surface area contributed by atoms with E-state index in [-0.39, 0.29) is 22.8 Å². The summed E-state index contributed by atoms with van der Waals surface area (Å²) in [5.41, 5.74) is 0.379. The monoisotopic (exact) mass is 349 g/mol. The summed E-state index contributed by atoms with van der Waals surface area (Å²) in [5, 5.41) is 7.02. The maximum Gasteiger partial charge on any atom is 0.264 e. The lowest BCUT2D eigenvalue weighted by atomic mass is 10.3. The Labute approximate surface area is 140 Å². The van der Waals surface area contributed by atoms with Crippen LogP contribution in [0, 0.1) is 5.82 Å². The van der Waals surface area contributed by atoms with Gasteiger partial charge in [-0.25, -0.2) is 14.1 Å². The van der Waals surface area contributed by atoms with Gasteiger partial charge in [0, 0.05) is 6.54 Å². The number of rotatable bonds is 4. The molecule has 0 fully saturated rings. The van der Waals surface area contributed by atoms with Crippen LogP contribution in [0.4, 0.5) is 10.1 Å². The quantitative estimate of drug-likeness (QED) is 0.781. The van der Waals surface area contributed by atoms with Crippen molar-refractivity contribution in [3.63, 3.8) is 0 Å². The van der Waals surface area contributed by atoms with Crippen molar-refractivity contribution in [2.75, 3.05) is 5.32 Å². The maximum absolute atomic E-state index is 13.0. The van der Waals surface area contributed by atoms with Gasteiger partial charge in [-0.15, -0.1) is 0 Å². The Bertz CT molecular complexity index is 982. The minimum absolute atomic E-state index is 0.0773. The predicted molar refractivity (Wildman–Crippen MR) is 87.5 cm³/mol. The molecule has 0 bridgehead atoms. The van der Waals surface area contributed by atoms with E-state index in [4.69, 9.17) is 11.6 Å². The molecule has 7 nitrogen and oxygen atoms in total. The Balaban J connectivity index is 1.83. The highest BCUT2D eigenvalue weighted by atomic mass is 35.5. The highest BCUT2D eigenvalue weighted by Gasteiger charge is 2.12. The standard InChI is InChI=1S/C15H13ClFN5O2/c1-2-22-14-10(6-19-22)15(24)21(8-18-14)7-13(23)20-12-4-3-9(17)5-11(12)16/h3-6,8H,2,7H2,1H3,(H,20,23). The van der Waals surface area contributed by atoms with Crippen molar-refractivity contribution in [2.24, 2.45) is 0 Å². The molecular formula is C15H13ClFN5O2. The van der Waals surface area contributed by atoms with E-state index in [1.807, 2.05) is 6.92 Å². The summed E-state index contributed by atoms with van der Waals surface area (Å²) in [5.74, 6) is -0.980. The molecule has 0 spiro atoms. The highest BCUT2D eigenvalue weighted by Crippen LogP contribution is 2.22. The summed E-state index contributed by atoms with van der Waals surface area (Å²) in [6.45, 7) is 2.23. The number of hydrogen-bond donors (Lipinski definition) is 1. The van der Waals surface area contributed by atoms with Gasteiger partial charge in [-0.2, -0.15) is 5.10 Å². The van der Waals surface area contributed by atoms with Crippen molar-refractivity contribution in [2.45, 2.75) is 20.0 Å². The van der Waals surface area contributed by atoms with Crippen molar-refractivity contribution < 1.29 is 9.18 Å². The van der Waals surface area contributed by atoms with Gasteiger partial charge in [0.05, 0.1) is 16.9 Å². The number of aromatic nitrogens is 4. The molecule has 24 heavy (non-hydrogen) atoms. The molecule has 124 valence electrons. The zero-order chi connectivity index (χ0) is 17.3. The molecule has 0 saturated carbocycles. The number of carbonyl (C=O) groups is 1. The summed E-state index contributed by atoms with van der Waals surface area (Å²) in [4.78, 5) is 28.6. The normalized spacial score (nSPS) is 11.0. The third-order valence-electron chi connectivity index (χ3n) is 3.44. The second kappa shape index (κ2) is 6.40. The minimum Gasteiger partial charge on any atom is -0.323 e. The third kappa shape index (κ3) is 3.00. The van der Waals surface area contributed by atoms with Crippen LogP contribution in [0.1, 0.15) is 6.92 Å². The van der Waals surface area contributed by atoms with E-state index in [1.54, 1.807) is 4.68 Å². The molecule has 0 atom stereocenters. The average molecular weight is 350 g/mol. The van der Waals surface area contributed by atoms with E-state index in [1.165, 1.54) is 29.2 Å². The number of benzene rings is 1. The number of halogens is 2. The van der Waals surface area contributed by atoms with Gasteiger partial charge in [-0.1, -0.05) is 11.6 Å². The molecule has 2 heterocycles. The van der Waals surface area contributed by atoms with Gasteiger partial charge in [0.2, 0.25) is 5.91 Å². The van der Waals surface area contributed by atoms with Crippen LogP contribution in [0.2, 0.25) is 5.02 Å². The molecule has 0 aliphatic rings. The van der Waals surface area contributed by atoms with Gasteiger partial charge < -0.3 is 5.32 Å². The Hall–Kier alpha value is -2.74. The summed E-state index contributed by atoms with van der Waals surface area (Å²) in [7, 11) is 0. The van der Waals surface area contributed by atoms with Gasteiger partial charge in [-0.3, -0.25) is 14.2 Å². The first-order valence-corrected chi connectivity index (χ1v) is 7.53. The third-order valence-corrected chi connectivity index (χ3v) is 3.75. The van der Waals surface area contributed by atoms with Crippen LogP contribution in [-0.4, -0.2) is 25.2 Å². The number of amides is 1. The van der Waals surface area contributed by atoms with Crippen LogP contribution in [0.5, 0.6) is 0 Å². The van der Waals surface area contributed by atoms with E-state index < -0.39 is 11.7 Å². The molecule has 3 rings (SSSR count). The number of carbonyl (C=O) groups excluding carboxylic acids is 1. The second-order valence-electron chi connectivity index (χ2n) is 5.05. The fourth-order valence-electron chi connectivity index (χ4n) is 2.28. The van der Waals surface area contributed by atoms with Gasteiger partial charge in [0.25, 0.3) is 5.56 Å². The fourth-order valence-corrected chi connectivity index (χ4v) is 2.49. The Morgan fingerprint density at radius 2 is 2.21 bits per heavy atom. The first kappa shape index (κ1) is 16.1. The molecule has 0 aliphatic carbocycles. The summed E-state index contributed by atoms with van der Waals surface area (Å²) in [6.07, 6.45) is 2.73. The molecule has 0 radical (unpaired) electrons. The van der Waals surface area contributed by atoms with Crippen molar-refractivity contribution in [3.05, 3.63) is 51.9 Å². The van der Waals surface area contributed by atoms with Crippen LogP contribution < -0.4 is 10.9 Å². The van der Waals surface area contributed by atoms with E-state index in [0.717, 1.165) is 6.07 Å². The first-order valence-electron chi connectivity index (χ1n) is 7.15. The lowest BCUT2D eigenvalue weighted by molar-refractivity contribution is -0.116. The fraction of sp³-hybridized carbons (Fsp3) is 0.200. The van der Waals surface area contributed by atoms with Crippen LogP contribution in [0.15, 0.2) is 35.5 Å². The molecule has 3 aromatic rings. The molecule has 0 aliphatic heterocycles. The SMILES string of the molecule is CCn1ncc2c(=O)n(CC(=O)Nc3ccc(F)cc3Cl)cnc21. The minimum atomic E-state index is -0.503. The van der Waals surface area contributed by atoms with Crippen molar-refractivity contribution in [1.29, 1.82) is 0 Å². The van der Waals surface area contributed by atoms with Crippen LogP contribution in [0.3, 0.4) is 0 Å². The largest absolute Gasteiger partial charge is 0.323 e. The van der Waals surface area contributed by atoms with Crippen molar-refractivity contribution >= 4 is 34.2 Å². The zero-order valence-electron chi connectivity index (χ0n) is 12.7. The lowest BCUT2D eigenvalue weighted by Crippen LogP contribution is -2.28. The van der Waals surface area contributed by atoms with Gasteiger partial charge in [-0.05, 0) is 25.1 Å². The average Bonchev–Trinajstić information content (AvgIpc) is 2.96. The number of hydrogen-bond acceptors (Lipinski definition) is 4. The number of nitrogens with one attached hydrogen (secondary N) is 1. The summed E-state index contributed by atoms with van der Waals surface area (Å²) >= 11 is 5.86. The Morgan fingerprint density at radius 1 is 1.42 bits per heavy atom. The molecule has 9 heteroatoms. The number of nitrogens with zero attached hydrogens (tertiary/aromatic N) is 4. The molecule has 1 amide bonds.